The first-order valence-electron chi connectivity index (χ1n) is 9.27. The summed E-state index contributed by atoms with van der Waals surface area (Å²) < 4.78 is 5.25. The standard InChI is InChI=1S/C19H32N4O/c1-3-21-10-8-19(16-20,9-11-21)23-14-12-22(13-15-23)17-4-6-18(24-2)7-5-17/h4-7H,3,8-16,20H2,1-2H3. The lowest BCUT2D eigenvalue weighted by molar-refractivity contribution is 0.0244. The highest BCUT2D eigenvalue weighted by Crippen LogP contribution is 2.30. The summed E-state index contributed by atoms with van der Waals surface area (Å²) >= 11 is 0. The Kier molecular flexibility index (Phi) is 5.64. The van der Waals surface area contributed by atoms with Crippen molar-refractivity contribution in [1.82, 2.24) is 9.80 Å². The Morgan fingerprint density at radius 2 is 1.62 bits per heavy atom. The van der Waals surface area contributed by atoms with E-state index in [0.29, 0.717) is 0 Å². The highest BCUT2D eigenvalue weighted by atomic mass is 16.5. The fourth-order valence-corrected chi connectivity index (χ4v) is 4.17. The summed E-state index contributed by atoms with van der Waals surface area (Å²) in [5.74, 6) is 0.919. The van der Waals surface area contributed by atoms with Crippen molar-refractivity contribution in [2.24, 2.45) is 5.73 Å². The van der Waals surface area contributed by atoms with Gasteiger partial charge in [-0.1, -0.05) is 6.92 Å². The van der Waals surface area contributed by atoms with Gasteiger partial charge >= 0.3 is 0 Å². The Morgan fingerprint density at radius 1 is 1.00 bits per heavy atom. The van der Waals surface area contributed by atoms with Crippen molar-refractivity contribution in [3.63, 3.8) is 0 Å². The van der Waals surface area contributed by atoms with E-state index in [9.17, 15) is 0 Å². The van der Waals surface area contributed by atoms with E-state index in [2.05, 4.69) is 33.8 Å². The van der Waals surface area contributed by atoms with Crippen molar-refractivity contribution in [1.29, 1.82) is 0 Å². The van der Waals surface area contributed by atoms with Gasteiger partial charge in [0, 0.05) is 44.0 Å². The van der Waals surface area contributed by atoms with Gasteiger partial charge in [-0.2, -0.15) is 0 Å². The molecule has 3 rings (SSSR count). The summed E-state index contributed by atoms with van der Waals surface area (Å²) in [6.45, 7) is 10.9. The quantitative estimate of drug-likeness (QED) is 0.888. The van der Waals surface area contributed by atoms with Crippen LogP contribution in [0.5, 0.6) is 5.75 Å². The summed E-state index contributed by atoms with van der Waals surface area (Å²) in [4.78, 5) is 7.68. The van der Waals surface area contributed by atoms with Gasteiger partial charge in [0.15, 0.2) is 0 Å². The summed E-state index contributed by atoms with van der Waals surface area (Å²) in [7, 11) is 1.71. The van der Waals surface area contributed by atoms with Crippen LogP contribution in [0, 0.1) is 0 Å². The number of methoxy groups -OCH3 is 1. The highest BCUT2D eigenvalue weighted by Gasteiger charge is 2.39. The third-order valence-corrected chi connectivity index (χ3v) is 6.00. The number of nitrogens with two attached hydrogens (primary N) is 1. The van der Waals surface area contributed by atoms with Crippen molar-refractivity contribution in [2.45, 2.75) is 25.3 Å². The molecule has 0 spiro atoms. The molecule has 134 valence electrons. The minimum absolute atomic E-state index is 0.220. The number of nitrogens with zero attached hydrogens (tertiary/aromatic N) is 3. The molecule has 2 saturated heterocycles. The lowest BCUT2D eigenvalue weighted by Crippen LogP contribution is -2.63. The van der Waals surface area contributed by atoms with E-state index in [1.807, 2.05) is 12.1 Å². The molecule has 2 aliphatic heterocycles. The van der Waals surface area contributed by atoms with Crippen LogP contribution in [-0.2, 0) is 0 Å². The molecule has 1 aromatic carbocycles. The second-order valence-corrected chi connectivity index (χ2v) is 7.03. The van der Waals surface area contributed by atoms with E-state index in [1.165, 1.54) is 31.6 Å². The molecule has 2 heterocycles. The number of likely N-dealkylation sites (tertiary alicyclic amines) is 1. The lowest BCUT2D eigenvalue weighted by atomic mass is 9.85. The monoisotopic (exact) mass is 332 g/mol. The summed E-state index contributed by atoms with van der Waals surface area (Å²) in [5, 5.41) is 0. The molecule has 0 unspecified atom stereocenters. The molecule has 0 amide bonds. The third-order valence-electron chi connectivity index (χ3n) is 6.00. The zero-order valence-corrected chi connectivity index (χ0v) is 15.2. The second kappa shape index (κ2) is 7.72. The fourth-order valence-electron chi connectivity index (χ4n) is 4.17. The van der Waals surface area contributed by atoms with Gasteiger partial charge in [-0.15, -0.1) is 0 Å². The van der Waals surface area contributed by atoms with Crippen LogP contribution in [0.4, 0.5) is 5.69 Å². The molecule has 0 aromatic heterocycles. The Labute approximate surface area is 146 Å². The second-order valence-electron chi connectivity index (χ2n) is 7.03. The van der Waals surface area contributed by atoms with E-state index in [1.54, 1.807) is 7.11 Å². The Morgan fingerprint density at radius 3 is 2.12 bits per heavy atom. The van der Waals surface area contributed by atoms with Crippen molar-refractivity contribution in [2.75, 3.05) is 64.4 Å². The van der Waals surface area contributed by atoms with Crippen LogP contribution in [0.2, 0.25) is 0 Å². The molecule has 0 aliphatic carbocycles. The number of piperazine rings is 1. The Hall–Kier alpha value is -1.30. The average Bonchev–Trinajstić information content (AvgIpc) is 2.68. The number of ether oxygens (including phenoxy) is 1. The van der Waals surface area contributed by atoms with Gasteiger partial charge in [-0.25, -0.2) is 0 Å². The predicted octanol–water partition coefficient (Wildman–Crippen LogP) is 1.63. The fraction of sp³-hybridized carbons (Fsp3) is 0.684. The van der Waals surface area contributed by atoms with Crippen molar-refractivity contribution < 1.29 is 4.74 Å². The Bertz CT molecular complexity index is 503. The largest absolute Gasteiger partial charge is 0.497 e. The van der Waals surface area contributed by atoms with E-state index < -0.39 is 0 Å². The zero-order chi connectivity index (χ0) is 17.0. The first kappa shape index (κ1) is 17.5. The van der Waals surface area contributed by atoms with Crippen LogP contribution in [0.15, 0.2) is 24.3 Å². The normalized spacial score (nSPS) is 22.5. The minimum Gasteiger partial charge on any atom is -0.497 e. The van der Waals surface area contributed by atoms with Gasteiger partial charge < -0.3 is 20.3 Å². The number of hydrogen-bond acceptors (Lipinski definition) is 5. The van der Waals surface area contributed by atoms with E-state index >= 15 is 0 Å². The van der Waals surface area contributed by atoms with Gasteiger partial charge in [-0.05, 0) is 56.7 Å². The lowest BCUT2D eigenvalue weighted by Gasteiger charge is -2.51. The van der Waals surface area contributed by atoms with Gasteiger partial charge in [-0.3, -0.25) is 4.90 Å². The van der Waals surface area contributed by atoms with Gasteiger partial charge in [0.2, 0.25) is 0 Å². The first-order chi connectivity index (χ1) is 11.7. The van der Waals surface area contributed by atoms with Crippen LogP contribution >= 0.6 is 0 Å². The van der Waals surface area contributed by atoms with Gasteiger partial charge in [0.25, 0.3) is 0 Å². The highest BCUT2D eigenvalue weighted by molar-refractivity contribution is 5.49. The molecule has 0 bridgehead atoms. The number of rotatable bonds is 5. The number of anilines is 1. The number of piperidine rings is 1. The van der Waals surface area contributed by atoms with Crippen LogP contribution in [0.25, 0.3) is 0 Å². The SMILES string of the molecule is CCN1CCC(CN)(N2CCN(c3ccc(OC)cc3)CC2)CC1. The van der Waals surface area contributed by atoms with E-state index in [-0.39, 0.29) is 5.54 Å². The molecule has 0 saturated carbocycles. The van der Waals surface area contributed by atoms with E-state index in [0.717, 1.165) is 45.0 Å². The smallest absolute Gasteiger partial charge is 0.119 e. The number of hydrogen-bond donors (Lipinski definition) is 1. The van der Waals surface area contributed by atoms with Crippen LogP contribution < -0.4 is 15.4 Å². The first-order valence-corrected chi connectivity index (χ1v) is 9.27. The van der Waals surface area contributed by atoms with Gasteiger partial charge in [0.1, 0.15) is 5.75 Å². The molecule has 2 fully saturated rings. The molecular formula is C19H32N4O. The molecular weight excluding hydrogens is 300 g/mol. The van der Waals surface area contributed by atoms with Gasteiger partial charge in [0.05, 0.1) is 7.11 Å². The molecule has 0 radical (unpaired) electrons. The van der Waals surface area contributed by atoms with Crippen LogP contribution in [-0.4, -0.2) is 74.8 Å². The molecule has 2 aliphatic rings. The molecule has 2 N–H and O–H groups in total. The molecule has 24 heavy (non-hydrogen) atoms. The van der Waals surface area contributed by atoms with Crippen molar-refractivity contribution >= 4 is 5.69 Å². The summed E-state index contributed by atoms with van der Waals surface area (Å²) in [6.07, 6.45) is 2.42. The third kappa shape index (κ3) is 3.53. The molecule has 0 atom stereocenters. The zero-order valence-electron chi connectivity index (χ0n) is 15.2. The molecule has 5 heteroatoms. The van der Waals surface area contributed by atoms with E-state index in [4.69, 9.17) is 10.5 Å². The molecule has 1 aromatic rings. The topological polar surface area (TPSA) is 45.0 Å². The average molecular weight is 332 g/mol. The minimum atomic E-state index is 0.220. The summed E-state index contributed by atoms with van der Waals surface area (Å²) in [5.41, 5.74) is 7.76. The molecule has 5 nitrogen and oxygen atoms in total. The van der Waals surface area contributed by atoms with Crippen molar-refractivity contribution in [3.8, 4) is 5.75 Å². The predicted molar refractivity (Wildman–Crippen MR) is 99.9 cm³/mol. The Balaban J connectivity index is 1.59. The van der Waals surface area contributed by atoms with Crippen molar-refractivity contribution in [3.05, 3.63) is 24.3 Å². The maximum absolute atomic E-state index is 6.25. The van der Waals surface area contributed by atoms with Crippen LogP contribution in [0.1, 0.15) is 19.8 Å². The van der Waals surface area contributed by atoms with Crippen LogP contribution in [0.3, 0.4) is 0 Å². The number of benzene rings is 1. The maximum Gasteiger partial charge on any atom is 0.119 e. The summed E-state index contributed by atoms with van der Waals surface area (Å²) in [6, 6.07) is 8.41. The maximum atomic E-state index is 6.25.